The van der Waals surface area contributed by atoms with Crippen molar-refractivity contribution in [2.24, 2.45) is 0 Å². The van der Waals surface area contributed by atoms with Crippen molar-refractivity contribution >= 4 is 37.9 Å². The highest BCUT2D eigenvalue weighted by Crippen LogP contribution is 2.27. The van der Waals surface area contributed by atoms with Gasteiger partial charge in [0, 0.05) is 4.47 Å². The first-order chi connectivity index (χ1) is 10.6. The third-order valence-corrected chi connectivity index (χ3v) is 3.96. The van der Waals surface area contributed by atoms with Crippen LogP contribution in [0.4, 0.5) is 0 Å². The molecule has 0 aliphatic rings. The Morgan fingerprint density at radius 2 is 1.73 bits per heavy atom. The van der Waals surface area contributed by atoms with Gasteiger partial charge in [-0.05, 0) is 57.4 Å². The number of rotatable bonds is 4. The number of ether oxygens (including phenoxy) is 1. The highest BCUT2D eigenvalue weighted by Gasteiger charge is 2.04. The summed E-state index contributed by atoms with van der Waals surface area (Å²) in [7, 11) is 0. The van der Waals surface area contributed by atoms with E-state index in [4.69, 9.17) is 15.3 Å². The Hall–Kier alpha value is -2.08. The molecule has 2 aromatic carbocycles. The van der Waals surface area contributed by atoms with Gasteiger partial charge in [-0.25, -0.2) is 0 Å². The smallest absolute Gasteiger partial charge is 0.134 e. The van der Waals surface area contributed by atoms with E-state index in [1.54, 1.807) is 12.1 Å². The molecule has 2 rings (SSSR count). The molecule has 0 unspecified atom stereocenters. The van der Waals surface area contributed by atoms with Crippen molar-refractivity contribution in [2.45, 2.75) is 6.61 Å². The molecule has 0 heterocycles. The van der Waals surface area contributed by atoms with E-state index < -0.39 is 0 Å². The molecule has 0 saturated carbocycles. The second-order valence-corrected chi connectivity index (χ2v) is 6.16. The van der Waals surface area contributed by atoms with E-state index in [-0.39, 0.29) is 5.57 Å². The number of halogens is 2. The van der Waals surface area contributed by atoms with E-state index in [9.17, 15) is 0 Å². The molecule has 0 N–H and O–H groups in total. The maximum Gasteiger partial charge on any atom is 0.134 e. The maximum absolute atomic E-state index is 8.76. The number of hydrogen-bond acceptors (Lipinski definition) is 3. The molecule has 2 aromatic rings. The van der Waals surface area contributed by atoms with Gasteiger partial charge in [0.15, 0.2) is 0 Å². The number of allylic oxidation sites excluding steroid dienone is 1. The molecule has 0 bridgehead atoms. The van der Waals surface area contributed by atoms with Gasteiger partial charge in [0.05, 0.1) is 4.47 Å². The van der Waals surface area contributed by atoms with Gasteiger partial charge in [0.25, 0.3) is 0 Å². The van der Waals surface area contributed by atoms with E-state index in [1.807, 2.05) is 42.5 Å². The highest BCUT2D eigenvalue weighted by atomic mass is 79.9. The number of benzene rings is 2. The average molecular weight is 418 g/mol. The monoisotopic (exact) mass is 416 g/mol. The van der Waals surface area contributed by atoms with Crippen LogP contribution in [-0.4, -0.2) is 0 Å². The summed E-state index contributed by atoms with van der Waals surface area (Å²) in [5.41, 5.74) is 1.90. The van der Waals surface area contributed by atoms with E-state index in [2.05, 4.69) is 31.9 Å². The van der Waals surface area contributed by atoms with E-state index in [0.29, 0.717) is 12.4 Å². The van der Waals surface area contributed by atoms with Crippen LogP contribution in [0, 0.1) is 22.7 Å². The molecule has 0 fully saturated rings. The van der Waals surface area contributed by atoms with Crippen molar-refractivity contribution in [3.63, 3.8) is 0 Å². The summed E-state index contributed by atoms with van der Waals surface area (Å²) in [6.45, 7) is 0.461. The van der Waals surface area contributed by atoms with Crippen molar-refractivity contribution in [3.8, 4) is 17.9 Å². The molecular formula is C17H10Br2N2O. The summed E-state index contributed by atoms with van der Waals surface area (Å²) in [6, 6.07) is 17.0. The molecule has 0 radical (unpaired) electrons. The Labute approximate surface area is 145 Å². The summed E-state index contributed by atoms with van der Waals surface area (Å²) in [5, 5.41) is 17.5. The summed E-state index contributed by atoms with van der Waals surface area (Å²) < 4.78 is 7.56. The lowest BCUT2D eigenvalue weighted by Gasteiger charge is -2.09. The lowest BCUT2D eigenvalue weighted by atomic mass is 10.1. The quantitative estimate of drug-likeness (QED) is 0.640. The first-order valence-corrected chi connectivity index (χ1v) is 7.89. The van der Waals surface area contributed by atoms with Gasteiger partial charge >= 0.3 is 0 Å². The SMILES string of the molecule is N#CC(C#N)=Cc1ccc(OCc2ccc(Br)cc2)c(Br)c1. The van der Waals surface area contributed by atoms with Gasteiger partial charge in [0.2, 0.25) is 0 Å². The van der Waals surface area contributed by atoms with Crippen molar-refractivity contribution in [2.75, 3.05) is 0 Å². The van der Waals surface area contributed by atoms with Crippen LogP contribution in [0.2, 0.25) is 0 Å². The van der Waals surface area contributed by atoms with Crippen molar-refractivity contribution in [1.82, 2.24) is 0 Å². The minimum atomic E-state index is 0.0652. The molecule has 3 nitrogen and oxygen atoms in total. The van der Waals surface area contributed by atoms with Gasteiger partial charge in [-0.15, -0.1) is 0 Å². The first kappa shape index (κ1) is 16.3. The standard InChI is InChI=1S/C17H10Br2N2O/c18-15-4-1-12(2-5-15)11-22-17-6-3-13(8-16(17)19)7-14(9-20)10-21/h1-8H,11H2. The summed E-state index contributed by atoms with van der Waals surface area (Å²) in [5.74, 6) is 0.704. The molecule has 0 amide bonds. The average Bonchev–Trinajstić information content (AvgIpc) is 2.53. The molecule has 0 spiro atoms. The van der Waals surface area contributed by atoms with Crippen LogP contribution in [0.5, 0.6) is 5.75 Å². The van der Waals surface area contributed by atoms with Crippen LogP contribution in [0.15, 0.2) is 57.0 Å². The Balaban J connectivity index is 2.10. The fourth-order valence-electron chi connectivity index (χ4n) is 1.72. The fourth-order valence-corrected chi connectivity index (χ4v) is 2.50. The summed E-state index contributed by atoms with van der Waals surface area (Å²) in [4.78, 5) is 0. The van der Waals surface area contributed by atoms with Crippen LogP contribution >= 0.6 is 31.9 Å². The first-order valence-electron chi connectivity index (χ1n) is 6.31. The Bertz CT molecular complexity index is 768. The molecule has 22 heavy (non-hydrogen) atoms. The molecule has 108 valence electrons. The van der Waals surface area contributed by atoms with Gasteiger partial charge in [-0.3, -0.25) is 0 Å². The predicted octanol–water partition coefficient (Wildman–Crippen LogP) is 5.22. The largest absolute Gasteiger partial charge is 0.488 e. The van der Waals surface area contributed by atoms with Crippen molar-refractivity contribution < 1.29 is 4.74 Å². The maximum atomic E-state index is 8.76. The van der Waals surface area contributed by atoms with Gasteiger partial charge < -0.3 is 4.74 Å². The van der Waals surface area contributed by atoms with Gasteiger partial charge in [0.1, 0.15) is 30.1 Å². The summed E-state index contributed by atoms with van der Waals surface area (Å²) in [6.07, 6.45) is 1.53. The van der Waals surface area contributed by atoms with Crippen molar-refractivity contribution in [3.05, 3.63) is 68.1 Å². The minimum Gasteiger partial charge on any atom is -0.488 e. The molecule has 0 saturated heterocycles. The number of nitrogens with zero attached hydrogens (tertiary/aromatic N) is 2. The van der Waals surface area contributed by atoms with Crippen LogP contribution in [-0.2, 0) is 6.61 Å². The predicted molar refractivity (Wildman–Crippen MR) is 91.8 cm³/mol. The molecule has 0 atom stereocenters. The molecule has 0 aliphatic heterocycles. The van der Waals surface area contributed by atoms with Gasteiger partial charge in [-0.2, -0.15) is 10.5 Å². The van der Waals surface area contributed by atoms with E-state index in [1.165, 1.54) is 6.08 Å². The molecule has 0 aliphatic carbocycles. The zero-order valence-electron chi connectivity index (χ0n) is 11.4. The zero-order valence-corrected chi connectivity index (χ0v) is 14.6. The normalized spacial score (nSPS) is 9.45. The Kier molecular flexibility index (Phi) is 5.77. The van der Waals surface area contributed by atoms with Gasteiger partial charge in [-0.1, -0.05) is 34.1 Å². The zero-order chi connectivity index (χ0) is 15.9. The Morgan fingerprint density at radius 3 is 2.32 bits per heavy atom. The topological polar surface area (TPSA) is 56.8 Å². The Morgan fingerprint density at radius 1 is 1.05 bits per heavy atom. The number of hydrogen-bond donors (Lipinski definition) is 0. The highest BCUT2D eigenvalue weighted by molar-refractivity contribution is 9.10. The fraction of sp³-hybridized carbons (Fsp3) is 0.0588. The summed E-state index contributed by atoms with van der Waals surface area (Å²) >= 11 is 6.83. The number of nitriles is 2. The van der Waals surface area contributed by atoms with E-state index >= 15 is 0 Å². The van der Waals surface area contributed by atoms with Crippen LogP contribution < -0.4 is 4.74 Å². The molecular weight excluding hydrogens is 408 g/mol. The van der Waals surface area contributed by atoms with Crippen LogP contribution in [0.1, 0.15) is 11.1 Å². The molecule has 0 aromatic heterocycles. The molecule has 5 heteroatoms. The second kappa shape index (κ2) is 7.79. The minimum absolute atomic E-state index is 0.0652. The lowest BCUT2D eigenvalue weighted by molar-refractivity contribution is 0.304. The van der Waals surface area contributed by atoms with Crippen LogP contribution in [0.3, 0.4) is 0 Å². The lowest BCUT2D eigenvalue weighted by Crippen LogP contribution is -1.96. The third-order valence-electron chi connectivity index (χ3n) is 2.82. The second-order valence-electron chi connectivity index (χ2n) is 4.39. The van der Waals surface area contributed by atoms with Crippen LogP contribution in [0.25, 0.3) is 6.08 Å². The van der Waals surface area contributed by atoms with E-state index in [0.717, 1.165) is 20.1 Å². The van der Waals surface area contributed by atoms with Crippen molar-refractivity contribution in [1.29, 1.82) is 10.5 Å². The third kappa shape index (κ3) is 4.46.